The van der Waals surface area contributed by atoms with Crippen molar-refractivity contribution in [3.63, 3.8) is 0 Å². The number of nitrogens with zero attached hydrogens (tertiary/aromatic N) is 2. The van der Waals surface area contributed by atoms with E-state index in [1.807, 2.05) is 0 Å². The number of ketones is 1. The van der Waals surface area contributed by atoms with Crippen LogP contribution in [-0.4, -0.2) is 31.9 Å². The lowest BCUT2D eigenvalue weighted by Crippen LogP contribution is -2.51. The molecular weight excluding hydrogens is 276 g/mol. The van der Waals surface area contributed by atoms with Gasteiger partial charge in [-0.25, -0.2) is 0 Å². The molecule has 0 aliphatic heterocycles. The Morgan fingerprint density at radius 1 is 1.29 bits per heavy atom. The molecule has 0 unspecified atom stereocenters. The van der Waals surface area contributed by atoms with Crippen molar-refractivity contribution in [2.24, 2.45) is 17.3 Å². The Balaban J connectivity index is 3.45. The fraction of sp³-hybridized carbons (Fsp3) is 0.643. The zero-order chi connectivity index (χ0) is 16.0. The molecule has 3 atom stereocenters. The number of esters is 2. The fourth-order valence-electron chi connectivity index (χ4n) is 2.74. The molecule has 0 radical (unpaired) electrons. The van der Waals surface area contributed by atoms with Crippen molar-refractivity contribution in [1.29, 1.82) is 10.5 Å². The van der Waals surface area contributed by atoms with Crippen LogP contribution in [0, 0.1) is 39.9 Å². The standard InChI is InChI=1S/C14H16N2O5/c1-20-12(18)10(7-15)14(8-16,13(19)21-2)9-5-3-4-6-11(9)17/h9-10H,3-6H2,1-2H3/t9-,10-,14-/m1/s1. The first-order valence-electron chi connectivity index (χ1n) is 6.49. The van der Waals surface area contributed by atoms with Crippen molar-refractivity contribution in [3.05, 3.63) is 0 Å². The van der Waals surface area contributed by atoms with Crippen LogP contribution in [-0.2, 0) is 23.9 Å². The van der Waals surface area contributed by atoms with E-state index in [0.717, 1.165) is 14.2 Å². The minimum atomic E-state index is -2.16. The Labute approximate surface area is 122 Å². The summed E-state index contributed by atoms with van der Waals surface area (Å²) in [6.07, 6.45) is 1.77. The van der Waals surface area contributed by atoms with Crippen LogP contribution < -0.4 is 0 Å². The summed E-state index contributed by atoms with van der Waals surface area (Å²) in [5.74, 6) is -5.12. The lowest BCUT2D eigenvalue weighted by molar-refractivity contribution is -0.165. The summed E-state index contributed by atoms with van der Waals surface area (Å²) in [7, 11) is 2.10. The largest absolute Gasteiger partial charge is 0.468 e. The predicted octanol–water partition coefficient (Wildman–Crippen LogP) is 0.741. The van der Waals surface area contributed by atoms with E-state index in [1.54, 1.807) is 12.1 Å². The summed E-state index contributed by atoms with van der Waals surface area (Å²) in [6, 6.07) is 3.34. The van der Waals surface area contributed by atoms with E-state index in [0.29, 0.717) is 12.8 Å². The average molecular weight is 292 g/mol. The number of carbonyl (C=O) groups excluding carboxylic acids is 3. The van der Waals surface area contributed by atoms with Crippen LogP contribution in [0.1, 0.15) is 25.7 Å². The number of rotatable bonds is 4. The average Bonchev–Trinajstić information content (AvgIpc) is 2.52. The molecule has 1 rings (SSSR count). The van der Waals surface area contributed by atoms with Gasteiger partial charge in [0.2, 0.25) is 0 Å². The minimum absolute atomic E-state index is 0.213. The van der Waals surface area contributed by atoms with Crippen LogP contribution in [0.3, 0.4) is 0 Å². The van der Waals surface area contributed by atoms with E-state index < -0.39 is 29.2 Å². The molecule has 7 nitrogen and oxygen atoms in total. The van der Waals surface area contributed by atoms with E-state index in [9.17, 15) is 24.9 Å². The van der Waals surface area contributed by atoms with Crippen LogP contribution in [0.15, 0.2) is 0 Å². The summed E-state index contributed by atoms with van der Waals surface area (Å²) < 4.78 is 9.11. The summed E-state index contributed by atoms with van der Waals surface area (Å²) >= 11 is 0. The third kappa shape index (κ3) is 2.73. The van der Waals surface area contributed by atoms with Crippen LogP contribution >= 0.6 is 0 Å². The Bertz CT molecular complexity index is 530. The molecule has 21 heavy (non-hydrogen) atoms. The molecule has 0 saturated heterocycles. The second-order valence-corrected chi connectivity index (χ2v) is 4.82. The highest BCUT2D eigenvalue weighted by Gasteiger charge is 2.59. The second kappa shape index (κ2) is 6.85. The Kier molecular flexibility index (Phi) is 5.43. The number of hydrogen-bond donors (Lipinski definition) is 0. The van der Waals surface area contributed by atoms with Crippen LogP contribution in [0.2, 0.25) is 0 Å². The van der Waals surface area contributed by atoms with Crippen molar-refractivity contribution >= 4 is 17.7 Å². The van der Waals surface area contributed by atoms with Gasteiger partial charge in [0, 0.05) is 12.3 Å². The quantitative estimate of drug-likeness (QED) is 0.701. The first kappa shape index (κ1) is 16.6. The maximum atomic E-state index is 12.2. The molecule has 0 amide bonds. The van der Waals surface area contributed by atoms with E-state index in [2.05, 4.69) is 9.47 Å². The molecule has 7 heteroatoms. The zero-order valence-electron chi connectivity index (χ0n) is 11.9. The van der Waals surface area contributed by atoms with Gasteiger partial charge in [0.1, 0.15) is 5.78 Å². The molecular formula is C14H16N2O5. The smallest absolute Gasteiger partial charge is 0.328 e. The summed E-state index contributed by atoms with van der Waals surface area (Å²) in [4.78, 5) is 36.1. The fourth-order valence-corrected chi connectivity index (χ4v) is 2.74. The topological polar surface area (TPSA) is 117 Å². The van der Waals surface area contributed by atoms with E-state index in [4.69, 9.17) is 0 Å². The number of ether oxygens (including phenoxy) is 2. The molecule has 1 aliphatic rings. The molecule has 0 aromatic heterocycles. The molecule has 0 aromatic rings. The summed E-state index contributed by atoms with van der Waals surface area (Å²) in [6.45, 7) is 0. The van der Waals surface area contributed by atoms with Gasteiger partial charge in [-0.1, -0.05) is 6.42 Å². The lowest BCUT2D eigenvalue weighted by Gasteiger charge is -2.35. The maximum Gasteiger partial charge on any atom is 0.328 e. The molecule has 0 aromatic carbocycles. The van der Waals surface area contributed by atoms with Crippen LogP contribution in [0.4, 0.5) is 0 Å². The highest BCUT2D eigenvalue weighted by molar-refractivity contribution is 5.96. The number of nitriles is 2. The van der Waals surface area contributed by atoms with E-state index in [1.165, 1.54) is 0 Å². The monoisotopic (exact) mass is 292 g/mol. The van der Waals surface area contributed by atoms with Crippen molar-refractivity contribution < 1.29 is 23.9 Å². The molecule has 0 bridgehead atoms. The number of carbonyl (C=O) groups is 3. The van der Waals surface area contributed by atoms with Gasteiger partial charge in [-0.2, -0.15) is 10.5 Å². The SMILES string of the molecule is COC(=O)[C@@H](C#N)[C@](C#N)(C(=O)OC)[C@@H]1CCCCC1=O. The first-order valence-corrected chi connectivity index (χ1v) is 6.49. The first-order chi connectivity index (χ1) is 9.99. The summed E-state index contributed by atoms with van der Waals surface area (Å²) in [5.41, 5.74) is -2.16. The highest BCUT2D eigenvalue weighted by Crippen LogP contribution is 2.43. The normalized spacial score (nSPS) is 22.1. The minimum Gasteiger partial charge on any atom is -0.468 e. The van der Waals surface area contributed by atoms with Crippen molar-refractivity contribution in [2.75, 3.05) is 14.2 Å². The Morgan fingerprint density at radius 2 is 1.95 bits per heavy atom. The molecule has 1 saturated carbocycles. The van der Waals surface area contributed by atoms with Gasteiger partial charge >= 0.3 is 11.9 Å². The zero-order valence-corrected chi connectivity index (χ0v) is 11.9. The van der Waals surface area contributed by atoms with E-state index >= 15 is 0 Å². The van der Waals surface area contributed by atoms with Crippen LogP contribution in [0.5, 0.6) is 0 Å². The van der Waals surface area contributed by atoms with Gasteiger partial charge < -0.3 is 9.47 Å². The maximum absolute atomic E-state index is 12.2. The van der Waals surface area contributed by atoms with Crippen molar-refractivity contribution in [3.8, 4) is 12.1 Å². The van der Waals surface area contributed by atoms with Crippen LogP contribution in [0.25, 0.3) is 0 Å². The van der Waals surface area contributed by atoms with Crippen molar-refractivity contribution in [2.45, 2.75) is 25.7 Å². The molecule has 0 N–H and O–H groups in total. The molecule has 0 heterocycles. The molecule has 0 spiro atoms. The Hall–Kier alpha value is -2.41. The van der Waals surface area contributed by atoms with Gasteiger partial charge in [0.15, 0.2) is 11.3 Å². The van der Waals surface area contributed by atoms with Gasteiger partial charge in [-0.15, -0.1) is 0 Å². The number of methoxy groups -OCH3 is 2. The predicted molar refractivity (Wildman–Crippen MR) is 68.1 cm³/mol. The van der Waals surface area contributed by atoms with Gasteiger partial charge in [0.05, 0.1) is 26.4 Å². The lowest BCUT2D eigenvalue weighted by atomic mass is 9.62. The third-order valence-corrected chi connectivity index (χ3v) is 3.83. The molecule has 1 aliphatic carbocycles. The van der Waals surface area contributed by atoms with Gasteiger partial charge in [0.25, 0.3) is 0 Å². The third-order valence-electron chi connectivity index (χ3n) is 3.83. The van der Waals surface area contributed by atoms with Gasteiger partial charge in [-0.3, -0.25) is 14.4 Å². The Morgan fingerprint density at radius 3 is 2.38 bits per heavy atom. The number of hydrogen-bond acceptors (Lipinski definition) is 7. The molecule has 112 valence electrons. The second-order valence-electron chi connectivity index (χ2n) is 4.82. The molecule has 1 fully saturated rings. The van der Waals surface area contributed by atoms with Crippen molar-refractivity contribution in [1.82, 2.24) is 0 Å². The summed E-state index contributed by atoms with van der Waals surface area (Å²) in [5, 5.41) is 18.8. The van der Waals surface area contributed by atoms with E-state index in [-0.39, 0.29) is 18.6 Å². The number of Topliss-reactive ketones (excluding diaryl/α,β-unsaturated/α-hetero) is 1. The highest BCUT2D eigenvalue weighted by atomic mass is 16.5. The van der Waals surface area contributed by atoms with Gasteiger partial charge in [-0.05, 0) is 12.8 Å².